The molecule has 0 amide bonds. The van der Waals surface area contributed by atoms with Crippen LogP contribution in [-0.2, 0) is 0 Å². The van der Waals surface area contributed by atoms with E-state index in [0.29, 0.717) is 11.8 Å². The third kappa shape index (κ3) is 3.45. The first-order valence-electron chi connectivity index (χ1n) is 9.65. The van der Waals surface area contributed by atoms with Gasteiger partial charge in [0.15, 0.2) is 0 Å². The molecule has 2 aliphatic carbocycles. The van der Waals surface area contributed by atoms with Crippen molar-refractivity contribution in [3.63, 3.8) is 0 Å². The summed E-state index contributed by atoms with van der Waals surface area (Å²) >= 11 is 0. The van der Waals surface area contributed by atoms with E-state index in [1.165, 1.54) is 37.8 Å². The summed E-state index contributed by atoms with van der Waals surface area (Å²) < 4.78 is 13.4. The highest BCUT2D eigenvalue weighted by Crippen LogP contribution is 2.51. The maximum absolute atomic E-state index is 13.4. The largest absolute Gasteiger partial charge is 0.390 e. The van der Waals surface area contributed by atoms with E-state index in [9.17, 15) is 9.50 Å². The van der Waals surface area contributed by atoms with E-state index in [2.05, 4.69) is 11.1 Å². The highest BCUT2D eigenvalue weighted by molar-refractivity contribution is 5.63. The van der Waals surface area contributed by atoms with Crippen LogP contribution in [0.1, 0.15) is 44.7 Å². The summed E-state index contributed by atoms with van der Waals surface area (Å²) in [5.41, 5.74) is 2.00. The van der Waals surface area contributed by atoms with Crippen molar-refractivity contribution < 1.29 is 9.50 Å². The second-order valence-corrected chi connectivity index (χ2v) is 8.14. The normalized spacial score (nSPS) is 31.3. The predicted molar refractivity (Wildman–Crippen MR) is 103 cm³/mol. The lowest BCUT2D eigenvalue weighted by Crippen LogP contribution is -2.30. The van der Waals surface area contributed by atoms with Crippen molar-refractivity contribution in [1.82, 2.24) is 4.98 Å². The summed E-state index contributed by atoms with van der Waals surface area (Å²) in [6, 6.07) is 10.5. The Bertz CT molecular complexity index is 796. The predicted octanol–water partition coefficient (Wildman–Crippen LogP) is 5.48. The van der Waals surface area contributed by atoms with Crippen molar-refractivity contribution in [3.8, 4) is 11.1 Å². The van der Waals surface area contributed by atoms with Crippen molar-refractivity contribution in [3.05, 3.63) is 60.2 Å². The van der Waals surface area contributed by atoms with Crippen molar-refractivity contribution in [2.75, 3.05) is 0 Å². The van der Waals surface area contributed by atoms with Crippen molar-refractivity contribution in [2.45, 2.75) is 44.6 Å². The number of benzene rings is 1. The van der Waals surface area contributed by atoms with E-state index in [0.717, 1.165) is 23.2 Å². The molecule has 2 fully saturated rings. The summed E-state index contributed by atoms with van der Waals surface area (Å²) in [7, 11) is 0. The number of aliphatic hydroxyl groups is 1. The molecular formula is C23H26FNO. The Morgan fingerprint density at radius 1 is 1.15 bits per heavy atom. The second-order valence-electron chi connectivity index (χ2n) is 8.14. The van der Waals surface area contributed by atoms with Crippen LogP contribution in [0.25, 0.3) is 17.2 Å². The first kappa shape index (κ1) is 17.4. The van der Waals surface area contributed by atoms with Gasteiger partial charge in [-0.05, 0) is 61.4 Å². The second kappa shape index (κ2) is 6.96. The molecule has 0 aliphatic heterocycles. The van der Waals surface area contributed by atoms with E-state index in [1.807, 2.05) is 31.2 Å². The number of aromatic nitrogens is 1. The highest BCUT2D eigenvalue weighted by Gasteiger charge is 2.48. The molecule has 0 spiro atoms. The summed E-state index contributed by atoms with van der Waals surface area (Å²) in [6.07, 6.45) is 12.0. The molecule has 1 aromatic carbocycles. The van der Waals surface area contributed by atoms with Gasteiger partial charge in [-0.1, -0.05) is 43.5 Å². The Labute approximate surface area is 154 Å². The first-order chi connectivity index (χ1) is 12.5. The molecule has 1 aromatic heterocycles. The smallest absolute Gasteiger partial charge is 0.123 e. The van der Waals surface area contributed by atoms with Gasteiger partial charge in [0.25, 0.3) is 0 Å². The highest BCUT2D eigenvalue weighted by atomic mass is 19.1. The van der Waals surface area contributed by atoms with Crippen LogP contribution in [0.15, 0.2) is 48.7 Å². The molecule has 3 heteroatoms. The average molecular weight is 351 g/mol. The maximum Gasteiger partial charge on any atom is 0.123 e. The van der Waals surface area contributed by atoms with Gasteiger partial charge in [0, 0.05) is 17.7 Å². The zero-order valence-electron chi connectivity index (χ0n) is 15.2. The molecule has 0 radical (unpaired) electrons. The lowest BCUT2D eigenvalue weighted by atomic mass is 9.77. The standard InChI is InChI=1S/C23H26FNO/c1-23(26)14-17-5-2-3-8-21(17)22(23)12-11-20-10-9-18(15-25-20)16-6-4-7-19(24)13-16/h4,6-7,9-13,15,17,21-22,26H,2-3,5,8,14H2,1H3/t17-,21-,22+,23-/m1/s1. The Kier molecular flexibility index (Phi) is 4.66. The SMILES string of the molecule is C[C@@]1(O)C[C@H]2CCCC[C@H]2[C@@H]1C=Cc1ccc(-c2cccc(F)c2)cn1. The quantitative estimate of drug-likeness (QED) is 0.794. The molecule has 0 bridgehead atoms. The molecule has 1 N–H and O–H groups in total. The minimum atomic E-state index is -0.613. The topological polar surface area (TPSA) is 33.1 Å². The van der Waals surface area contributed by atoms with Gasteiger partial charge in [-0.2, -0.15) is 0 Å². The monoisotopic (exact) mass is 351 g/mol. The summed E-state index contributed by atoms with van der Waals surface area (Å²) in [6.45, 7) is 1.99. The van der Waals surface area contributed by atoms with Crippen LogP contribution in [0.4, 0.5) is 4.39 Å². The molecule has 26 heavy (non-hydrogen) atoms. The fourth-order valence-corrected chi connectivity index (χ4v) is 4.99. The molecule has 4 atom stereocenters. The molecule has 4 rings (SSSR count). The van der Waals surface area contributed by atoms with E-state index >= 15 is 0 Å². The number of hydrogen-bond donors (Lipinski definition) is 1. The maximum atomic E-state index is 13.4. The molecule has 2 aromatic rings. The molecule has 136 valence electrons. The number of halogens is 1. The minimum absolute atomic E-state index is 0.206. The van der Waals surface area contributed by atoms with Crippen LogP contribution in [0.3, 0.4) is 0 Å². The third-order valence-corrected chi connectivity index (χ3v) is 6.24. The Balaban J connectivity index is 1.51. The minimum Gasteiger partial charge on any atom is -0.390 e. The summed E-state index contributed by atoms with van der Waals surface area (Å²) in [5, 5.41) is 10.9. The van der Waals surface area contributed by atoms with Crippen molar-refractivity contribution in [2.24, 2.45) is 17.8 Å². The van der Waals surface area contributed by atoms with Crippen LogP contribution in [0, 0.1) is 23.6 Å². The fraction of sp³-hybridized carbons (Fsp3) is 0.435. The van der Waals surface area contributed by atoms with Crippen molar-refractivity contribution >= 4 is 6.08 Å². The first-order valence-corrected chi connectivity index (χ1v) is 9.65. The zero-order valence-corrected chi connectivity index (χ0v) is 15.2. The van der Waals surface area contributed by atoms with Gasteiger partial charge in [0.2, 0.25) is 0 Å². The van der Waals surface area contributed by atoms with E-state index < -0.39 is 5.60 Å². The molecular weight excluding hydrogens is 325 g/mol. The molecule has 2 saturated carbocycles. The van der Waals surface area contributed by atoms with Gasteiger partial charge in [-0.3, -0.25) is 4.98 Å². The van der Waals surface area contributed by atoms with E-state index in [1.54, 1.807) is 12.3 Å². The number of nitrogens with zero attached hydrogens (tertiary/aromatic N) is 1. The molecule has 0 saturated heterocycles. The van der Waals surface area contributed by atoms with Gasteiger partial charge in [-0.15, -0.1) is 0 Å². The van der Waals surface area contributed by atoms with E-state index in [-0.39, 0.29) is 11.7 Å². The van der Waals surface area contributed by atoms with Crippen molar-refractivity contribution in [1.29, 1.82) is 0 Å². The van der Waals surface area contributed by atoms with Crippen LogP contribution < -0.4 is 0 Å². The van der Waals surface area contributed by atoms with Crippen LogP contribution in [0.2, 0.25) is 0 Å². The number of hydrogen-bond acceptors (Lipinski definition) is 2. The number of pyridine rings is 1. The zero-order chi connectivity index (χ0) is 18.1. The Hall–Kier alpha value is -2.00. The number of rotatable bonds is 3. The summed E-state index contributed by atoms with van der Waals surface area (Å²) in [5.74, 6) is 1.23. The van der Waals surface area contributed by atoms with E-state index in [4.69, 9.17) is 0 Å². The van der Waals surface area contributed by atoms with Gasteiger partial charge >= 0.3 is 0 Å². The molecule has 1 heterocycles. The summed E-state index contributed by atoms with van der Waals surface area (Å²) in [4.78, 5) is 4.51. The Morgan fingerprint density at radius 3 is 2.77 bits per heavy atom. The van der Waals surface area contributed by atoms with Gasteiger partial charge in [-0.25, -0.2) is 4.39 Å². The molecule has 2 aliphatic rings. The average Bonchev–Trinajstić information content (AvgIpc) is 2.89. The van der Waals surface area contributed by atoms with Crippen LogP contribution in [0.5, 0.6) is 0 Å². The van der Waals surface area contributed by atoms with Crippen LogP contribution >= 0.6 is 0 Å². The van der Waals surface area contributed by atoms with Gasteiger partial charge in [0.05, 0.1) is 11.3 Å². The third-order valence-electron chi connectivity index (χ3n) is 6.24. The Morgan fingerprint density at radius 2 is 2.00 bits per heavy atom. The molecule has 0 unspecified atom stereocenters. The van der Waals surface area contributed by atoms with Gasteiger partial charge < -0.3 is 5.11 Å². The lowest BCUT2D eigenvalue weighted by molar-refractivity contribution is 0.0297. The molecule has 2 nitrogen and oxygen atoms in total. The fourth-order valence-electron chi connectivity index (χ4n) is 4.99. The lowest BCUT2D eigenvalue weighted by Gasteiger charge is -2.29. The van der Waals surface area contributed by atoms with Crippen LogP contribution in [-0.4, -0.2) is 15.7 Å². The number of fused-ring (bicyclic) bond motifs is 1. The van der Waals surface area contributed by atoms with Gasteiger partial charge in [0.1, 0.15) is 5.82 Å².